The number of carbonyl (C=O) groups excluding carboxylic acids is 1. The molecule has 3 heterocycles. The minimum absolute atomic E-state index is 0. The van der Waals surface area contributed by atoms with Crippen LogP contribution < -0.4 is 0 Å². The summed E-state index contributed by atoms with van der Waals surface area (Å²) in [5.74, 6) is 0.547. The predicted octanol–water partition coefficient (Wildman–Crippen LogP) is 10.7. The van der Waals surface area contributed by atoms with Crippen molar-refractivity contribution in [3.63, 3.8) is 0 Å². The second-order valence-electron chi connectivity index (χ2n) is 11.8. The number of fused-ring (bicyclic) bond motifs is 9. The van der Waals surface area contributed by atoms with Crippen molar-refractivity contribution in [3.8, 4) is 11.3 Å². The molecule has 0 aliphatic heterocycles. The van der Waals surface area contributed by atoms with Crippen molar-refractivity contribution in [2.45, 2.75) is 53.4 Å². The Balaban J connectivity index is 0.000000234. The smallest absolute Gasteiger partial charge is 0.162 e. The molecule has 0 aliphatic carbocycles. The van der Waals surface area contributed by atoms with Gasteiger partial charge in [-0.25, -0.2) is 4.98 Å². The summed E-state index contributed by atoms with van der Waals surface area (Å²) in [7, 11) is 0. The van der Waals surface area contributed by atoms with Gasteiger partial charge >= 0.3 is 0 Å². The van der Waals surface area contributed by atoms with Crippen LogP contribution in [0.2, 0.25) is 0 Å². The van der Waals surface area contributed by atoms with Crippen molar-refractivity contribution in [3.05, 3.63) is 115 Å². The fourth-order valence-corrected chi connectivity index (χ4v) is 6.48. The fraction of sp³-hybridized carbons (Fsp3) is 0.244. The van der Waals surface area contributed by atoms with Gasteiger partial charge in [-0.15, -0.1) is 29.7 Å². The standard InChI is InChI=1S/C28H16N3.C13H24O2.Ir/c1-2-8-19-17-20(14-13-18(19)7-1)26-27-24(15-16-29-26)30-28-23-11-4-3-9-21(23)22-10-5-6-12-25(22)31(27)28;1-5-10(6-2)12(14)9-13(15)11(7-3)8-4;/h1-16H;9-11,14H,5-8H2,1-4H3;/q-1;;/b;12-9-;. The molecule has 7 aromatic rings. The molecule has 1 N–H and O–H groups in total. The summed E-state index contributed by atoms with van der Waals surface area (Å²) in [6.07, 6.45) is 6.75. The molecule has 0 atom stereocenters. The number of benzene rings is 4. The van der Waals surface area contributed by atoms with Crippen LogP contribution in [0.4, 0.5) is 0 Å². The largest absolute Gasteiger partial charge is 0.512 e. The number of aliphatic hydroxyl groups is 1. The first-order valence-corrected chi connectivity index (χ1v) is 16.4. The minimum Gasteiger partial charge on any atom is -0.512 e. The third-order valence-electron chi connectivity index (χ3n) is 9.16. The molecular formula is C41H40IrN3O2-. The van der Waals surface area contributed by atoms with E-state index in [1.54, 1.807) is 0 Å². The number of para-hydroxylation sites is 1. The Kier molecular flexibility index (Phi) is 10.9. The van der Waals surface area contributed by atoms with E-state index in [0.717, 1.165) is 69.9 Å². The quantitative estimate of drug-likeness (QED) is 0.0720. The van der Waals surface area contributed by atoms with Gasteiger partial charge in [-0.3, -0.25) is 14.2 Å². The van der Waals surface area contributed by atoms with Crippen LogP contribution in [0.5, 0.6) is 0 Å². The van der Waals surface area contributed by atoms with Gasteiger partial charge in [0, 0.05) is 60.7 Å². The molecule has 4 aromatic carbocycles. The Labute approximate surface area is 289 Å². The predicted molar refractivity (Wildman–Crippen MR) is 191 cm³/mol. The topological polar surface area (TPSA) is 67.5 Å². The van der Waals surface area contributed by atoms with Gasteiger partial charge < -0.3 is 5.11 Å². The van der Waals surface area contributed by atoms with E-state index in [2.05, 4.69) is 89.3 Å². The Morgan fingerprint density at radius 1 is 0.787 bits per heavy atom. The maximum absolute atomic E-state index is 11.7. The van der Waals surface area contributed by atoms with Gasteiger partial charge in [0.15, 0.2) is 5.78 Å². The first-order valence-electron chi connectivity index (χ1n) is 16.4. The summed E-state index contributed by atoms with van der Waals surface area (Å²) in [5, 5.41) is 15.6. The van der Waals surface area contributed by atoms with Gasteiger partial charge in [0.2, 0.25) is 0 Å². The van der Waals surface area contributed by atoms with Crippen LogP contribution >= 0.6 is 0 Å². The molecule has 5 nitrogen and oxygen atoms in total. The number of ketones is 1. The summed E-state index contributed by atoms with van der Waals surface area (Å²) in [6.45, 7) is 8.07. The van der Waals surface area contributed by atoms with Gasteiger partial charge in [-0.1, -0.05) is 99.3 Å². The number of carbonyl (C=O) groups is 1. The molecule has 0 bridgehead atoms. The molecule has 6 heteroatoms. The van der Waals surface area contributed by atoms with Crippen molar-refractivity contribution in [1.82, 2.24) is 14.4 Å². The van der Waals surface area contributed by atoms with E-state index in [4.69, 9.17) is 9.97 Å². The van der Waals surface area contributed by atoms with E-state index in [1.165, 1.54) is 22.2 Å². The molecule has 0 unspecified atom stereocenters. The van der Waals surface area contributed by atoms with Crippen molar-refractivity contribution in [1.29, 1.82) is 0 Å². The Morgan fingerprint density at radius 2 is 1.43 bits per heavy atom. The first kappa shape index (κ1) is 34.0. The second-order valence-corrected chi connectivity index (χ2v) is 11.8. The molecule has 0 aliphatic rings. The number of hydrogen-bond acceptors (Lipinski definition) is 4. The third kappa shape index (κ3) is 6.58. The van der Waals surface area contributed by atoms with E-state index in [9.17, 15) is 9.90 Å². The van der Waals surface area contributed by atoms with Crippen LogP contribution in [-0.4, -0.2) is 25.3 Å². The van der Waals surface area contributed by atoms with Gasteiger partial charge in [-0.05, 0) is 43.2 Å². The molecule has 0 saturated carbocycles. The van der Waals surface area contributed by atoms with E-state index in [0.29, 0.717) is 0 Å². The number of rotatable bonds is 8. The van der Waals surface area contributed by atoms with Crippen molar-refractivity contribution < 1.29 is 30.0 Å². The second kappa shape index (κ2) is 15.0. The average molecular weight is 799 g/mol. The van der Waals surface area contributed by atoms with Crippen LogP contribution in [0.15, 0.2) is 109 Å². The van der Waals surface area contributed by atoms with Gasteiger partial charge in [0.1, 0.15) is 5.65 Å². The molecular weight excluding hydrogens is 759 g/mol. The van der Waals surface area contributed by atoms with Crippen LogP contribution in [-0.2, 0) is 24.9 Å². The SMILES string of the molecule is CCC(CC)C(=O)/C=C(\O)C(CC)CC.[Ir].[c-]1c(-c2nccc3nc4c5ccccc5c5ccccc5n4c23)ccc2ccccc12. The molecule has 3 aromatic heterocycles. The maximum atomic E-state index is 11.7. The third-order valence-corrected chi connectivity index (χ3v) is 9.16. The van der Waals surface area contributed by atoms with E-state index < -0.39 is 0 Å². The number of pyridine rings is 2. The van der Waals surface area contributed by atoms with E-state index in [1.807, 2.05) is 46.0 Å². The van der Waals surface area contributed by atoms with Crippen LogP contribution in [0, 0.1) is 17.9 Å². The van der Waals surface area contributed by atoms with Gasteiger partial charge in [0.25, 0.3) is 0 Å². The molecule has 7 rings (SSSR count). The van der Waals surface area contributed by atoms with Crippen molar-refractivity contribution in [2.24, 2.45) is 11.8 Å². The first-order chi connectivity index (χ1) is 22.5. The number of allylic oxidation sites excluding steroid dienone is 2. The number of aliphatic hydroxyl groups excluding tert-OH is 1. The van der Waals surface area contributed by atoms with Gasteiger partial charge in [-0.2, -0.15) is 0 Å². The summed E-state index contributed by atoms with van der Waals surface area (Å²) in [4.78, 5) is 21.6. The Bertz CT molecular complexity index is 2210. The number of imidazole rings is 1. The Hall–Kier alpha value is -4.38. The molecule has 0 saturated heterocycles. The summed E-state index contributed by atoms with van der Waals surface area (Å²) >= 11 is 0. The minimum atomic E-state index is 0. The molecule has 47 heavy (non-hydrogen) atoms. The summed E-state index contributed by atoms with van der Waals surface area (Å²) in [5.41, 5.74) is 5.92. The summed E-state index contributed by atoms with van der Waals surface area (Å²) in [6, 6.07) is 35.1. The van der Waals surface area contributed by atoms with Gasteiger partial charge in [0.05, 0.1) is 22.3 Å². The fourth-order valence-electron chi connectivity index (χ4n) is 6.48. The van der Waals surface area contributed by atoms with E-state index in [-0.39, 0.29) is 43.5 Å². The number of nitrogens with zero attached hydrogens (tertiary/aromatic N) is 3. The molecule has 0 spiro atoms. The zero-order valence-electron chi connectivity index (χ0n) is 27.3. The summed E-state index contributed by atoms with van der Waals surface area (Å²) < 4.78 is 2.26. The molecule has 0 amide bonds. The Morgan fingerprint density at radius 3 is 2.15 bits per heavy atom. The zero-order chi connectivity index (χ0) is 32.2. The normalized spacial score (nSPS) is 11.8. The monoisotopic (exact) mass is 799 g/mol. The molecule has 1 radical (unpaired) electrons. The number of hydrogen-bond donors (Lipinski definition) is 1. The molecule has 0 fully saturated rings. The number of aromatic nitrogens is 3. The van der Waals surface area contributed by atoms with Crippen molar-refractivity contribution >= 4 is 54.9 Å². The zero-order valence-corrected chi connectivity index (χ0v) is 29.7. The van der Waals surface area contributed by atoms with E-state index >= 15 is 0 Å². The average Bonchev–Trinajstić information content (AvgIpc) is 3.50. The maximum Gasteiger partial charge on any atom is 0.162 e. The van der Waals surface area contributed by atoms with Crippen LogP contribution in [0.3, 0.4) is 0 Å². The van der Waals surface area contributed by atoms with Crippen molar-refractivity contribution in [2.75, 3.05) is 0 Å². The van der Waals surface area contributed by atoms with Crippen LogP contribution in [0.25, 0.3) is 60.4 Å². The van der Waals surface area contributed by atoms with Crippen LogP contribution in [0.1, 0.15) is 53.4 Å². The molecule has 241 valence electrons.